The van der Waals surface area contributed by atoms with Gasteiger partial charge in [0.2, 0.25) is 0 Å². The Hall–Kier alpha value is -1.44. The highest BCUT2D eigenvalue weighted by Gasteiger charge is 2.26. The van der Waals surface area contributed by atoms with E-state index in [0.29, 0.717) is 28.7 Å². The molecule has 0 aromatic carbocycles. The summed E-state index contributed by atoms with van der Waals surface area (Å²) in [6.45, 7) is 16.9. The first kappa shape index (κ1) is 27.6. The summed E-state index contributed by atoms with van der Waals surface area (Å²) in [5.41, 5.74) is 3.86. The van der Waals surface area contributed by atoms with Crippen LogP contribution in [0.25, 0.3) is 0 Å². The summed E-state index contributed by atoms with van der Waals surface area (Å²) >= 11 is 0. The van der Waals surface area contributed by atoms with Crippen molar-refractivity contribution in [3.8, 4) is 0 Å². The Morgan fingerprint density at radius 1 is 0.710 bits per heavy atom. The fourth-order valence-electron chi connectivity index (χ4n) is 4.49. The molecular formula is C29H48O2. The van der Waals surface area contributed by atoms with Crippen molar-refractivity contribution in [2.75, 3.05) is 0 Å². The van der Waals surface area contributed by atoms with Gasteiger partial charge in [0.05, 0.1) is 0 Å². The Bertz CT molecular complexity index is 702. The van der Waals surface area contributed by atoms with E-state index in [0.717, 1.165) is 24.2 Å². The molecule has 1 rings (SSSR count). The van der Waals surface area contributed by atoms with E-state index in [1.165, 1.54) is 56.9 Å². The Balaban J connectivity index is 2.30. The molecule has 2 atom stereocenters. The molecule has 0 bridgehead atoms. The highest BCUT2D eigenvalue weighted by molar-refractivity contribution is 6.24. The second kappa shape index (κ2) is 13.9. The lowest BCUT2D eigenvalue weighted by Crippen LogP contribution is -2.20. The summed E-state index contributed by atoms with van der Waals surface area (Å²) in [5.74, 6) is 2.56. The first-order chi connectivity index (χ1) is 14.5. The highest BCUT2D eigenvalue weighted by atomic mass is 16.1. The standard InChI is InChI=1S/C29H48O2/c1-20(2)12-9-13-21(3)14-10-15-22(4)16-11-17-23(5)18-19-27-26(8)28(30)24(6)25(7)29(27)31/h18,20-22H,9-17,19H2,1-8H3/t21-,22-/m1/s1. The molecular weight excluding hydrogens is 380 g/mol. The van der Waals surface area contributed by atoms with E-state index in [2.05, 4.69) is 40.7 Å². The van der Waals surface area contributed by atoms with Crippen molar-refractivity contribution >= 4 is 11.6 Å². The van der Waals surface area contributed by atoms with Crippen molar-refractivity contribution in [1.82, 2.24) is 0 Å². The number of ketones is 2. The van der Waals surface area contributed by atoms with Gasteiger partial charge in [-0.15, -0.1) is 0 Å². The minimum Gasteiger partial charge on any atom is -0.289 e. The molecule has 0 unspecified atom stereocenters. The third kappa shape index (κ3) is 9.71. The van der Waals surface area contributed by atoms with Gasteiger partial charge in [-0.3, -0.25) is 9.59 Å². The lowest BCUT2D eigenvalue weighted by Gasteiger charge is -2.18. The third-order valence-corrected chi connectivity index (χ3v) is 7.11. The van der Waals surface area contributed by atoms with E-state index in [9.17, 15) is 9.59 Å². The molecule has 0 aromatic rings. The van der Waals surface area contributed by atoms with Gasteiger partial charge in [-0.25, -0.2) is 0 Å². The fraction of sp³-hybridized carbons (Fsp3) is 0.724. The van der Waals surface area contributed by atoms with Crippen LogP contribution in [0.4, 0.5) is 0 Å². The molecule has 0 radical (unpaired) electrons. The van der Waals surface area contributed by atoms with Crippen LogP contribution in [-0.2, 0) is 9.59 Å². The maximum Gasteiger partial charge on any atom is 0.185 e. The Labute approximate surface area is 192 Å². The van der Waals surface area contributed by atoms with Gasteiger partial charge in [-0.05, 0) is 64.7 Å². The van der Waals surface area contributed by atoms with E-state index in [1.807, 2.05) is 0 Å². The number of hydrogen-bond acceptors (Lipinski definition) is 2. The lowest BCUT2D eigenvalue weighted by atomic mass is 9.84. The normalized spacial score (nSPS) is 17.8. The zero-order valence-corrected chi connectivity index (χ0v) is 21.7. The molecule has 0 heterocycles. The maximum atomic E-state index is 12.5. The lowest BCUT2D eigenvalue weighted by molar-refractivity contribution is -0.116. The van der Waals surface area contributed by atoms with Crippen LogP contribution in [0.1, 0.15) is 120 Å². The number of hydrogen-bond donors (Lipinski definition) is 0. The van der Waals surface area contributed by atoms with Crippen LogP contribution in [0.15, 0.2) is 33.9 Å². The second-order valence-electron chi connectivity index (χ2n) is 10.6. The monoisotopic (exact) mass is 428 g/mol. The Morgan fingerprint density at radius 3 is 1.74 bits per heavy atom. The molecule has 1 aliphatic rings. The predicted molar refractivity (Wildman–Crippen MR) is 134 cm³/mol. The van der Waals surface area contributed by atoms with Gasteiger partial charge in [-0.2, -0.15) is 0 Å². The molecule has 2 heteroatoms. The molecule has 0 aliphatic heterocycles. The summed E-state index contributed by atoms with van der Waals surface area (Å²) in [7, 11) is 0. The van der Waals surface area contributed by atoms with Crippen molar-refractivity contribution in [1.29, 1.82) is 0 Å². The summed E-state index contributed by atoms with van der Waals surface area (Å²) in [4.78, 5) is 24.8. The van der Waals surface area contributed by atoms with Gasteiger partial charge < -0.3 is 0 Å². The number of Topliss-reactive ketones (excluding diaryl/α,β-unsaturated/α-hetero) is 2. The third-order valence-electron chi connectivity index (χ3n) is 7.11. The topological polar surface area (TPSA) is 34.1 Å². The summed E-state index contributed by atoms with van der Waals surface area (Å²) in [5, 5.41) is 0. The molecule has 31 heavy (non-hydrogen) atoms. The maximum absolute atomic E-state index is 12.5. The van der Waals surface area contributed by atoms with Gasteiger partial charge in [0.25, 0.3) is 0 Å². The molecule has 0 N–H and O–H groups in total. The van der Waals surface area contributed by atoms with Crippen molar-refractivity contribution in [3.05, 3.63) is 33.9 Å². The van der Waals surface area contributed by atoms with Crippen molar-refractivity contribution < 1.29 is 9.59 Å². The smallest absolute Gasteiger partial charge is 0.185 e. The van der Waals surface area contributed by atoms with E-state index < -0.39 is 0 Å². The Kier molecular flexibility index (Phi) is 12.3. The number of rotatable bonds is 14. The average molecular weight is 429 g/mol. The van der Waals surface area contributed by atoms with Crippen molar-refractivity contribution in [3.63, 3.8) is 0 Å². The van der Waals surface area contributed by atoms with E-state index in [4.69, 9.17) is 0 Å². The highest BCUT2D eigenvalue weighted by Crippen LogP contribution is 2.27. The summed E-state index contributed by atoms with van der Waals surface area (Å²) in [6.07, 6.45) is 14.5. The zero-order valence-electron chi connectivity index (χ0n) is 21.7. The van der Waals surface area contributed by atoms with Crippen LogP contribution in [0.3, 0.4) is 0 Å². The van der Waals surface area contributed by atoms with Crippen LogP contribution >= 0.6 is 0 Å². The zero-order chi connectivity index (χ0) is 23.6. The molecule has 176 valence electrons. The van der Waals surface area contributed by atoms with E-state index in [1.54, 1.807) is 20.8 Å². The predicted octanol–water partition coefficient (Wildman–Crippen LogP) is 8.57. The fourth-order valence-corrected chi connectivity index (χ4v) is 4.49. The minimum absolute atomic E-state index is 0.0289. The molecule has 0 saturated carbocycles. The van der Waals surface area contributed by atoms with Crippen LogP contribution in [0.5, 0.6) is 0 Å². The average Bonchev–Trinajstić information content (AvgIpc) is 2.70. The number of carbonyl (C=O) groups is 2. The summed E-state index contributed by atoms with van der Waals surface area (Å²) < 4.78 is 0. The first-order valence-corrected chi connectivity index (χ1v) is 12.7. The minimum atomic E-state index is 0.0289. The van der Waals surface area contributed by atoms with Gasteiger partial charge >= 0.3 is 0 Å². The Morgan fingerprint density at radius 2 is 1.19 bits per heavy atom. The number of carbonyl (C=O) groups excluding carboxylic acids is 2. The van der Waals surface area contributed by atoms with Gasteiger partial charge in [0, 0.05) is 22.3 Å². The van der Waals surface area contributed by atoms with Gasteiger partial charge in [0.1, 0.15) is 0 Å². The van der Waals surface area contributed by atoms with E-state index in [-0.39, 0.29) is 11.6 Å². The second-order valence-corrected chi connectivity index (χ2v) is 10.6. The largest absolute Gasteiger partial charge is 0.289 e. The first-order valence-electron chi connectivity index (χ1n) is 12.7. The molecule has 2 nitrogen and oxygen atoms in total. The quantitative estimate of drug-likeness (QED) is 0.205. The van der Waals surface area contributed by atoms with Crippen LogP contribution < -0.4 is 0 Å². The van der Waals surface area contributed by atoms with Crippen LogP contribution in [-0.4, -0.2) is 11.6 Å². The number of allylic oxidation sites excluding steroid dienone is 6. The SMILES string of the molecule is CC(=CCC1=C(C)C(=O)C(C)=C(C)C1=O)CCC[C@H](C)CCC[C@H](C)CCCC(C)C. The molecule has 0 saturated heterocycles. The van der Waals surface area contributed by atoms with Crippen LogP contribution in [0.2, 0.25) is 0 Å². The molecule has 0 fully saturated rings. The molecule has 0 aromatic heterocycles. The van der Waals surface area contributed by atoms with Gasteiger partial charge in [0.15, 0.2) is 11.6 Å². The van der Waals surface area contributed by atoms with E-state index >= 15 is 0 Å². The molecule has 0 spiro atoms. The summed E-state index contributed by atoms with van der Waals surface area (Å²) in [6, 6.07) is 0. The van der Waals surface area contributed by atoms with Crippen LogP contribution in [0, 0.1) is 17.8 Å². The van der Waals surface area contributed by atoms with Gasteiger partial charge in [-0.1, -0.05) is 84.3 Å². The van der Waals surface area contributed by atoms with Crippen molar-refractivity contribution in [2.24, 2.45) is 17.8 Å². The molecule has 1 aliphatic carbocycles. The van der Waals surface area contributed by atoms with Crippen molar-refractivity contribution in [2.45, 2.75) is 120 Å². The molecule has 0 amide bonds.